The van der Waals surface area contributed by atoms with Gasteiger partial charge in [-0.05, 0) is 32.1 Å². The van der Waals surface area contributed by atoms with E-state index in [-0.39, 0.29) is 5.91 Å². The van der Waals surface area contributed by atoms with Crippen molar-refractivity contribution >= 4 is 5.91 Å². The lowest BCUT2D eigenvalue weighted by atomic mass is 10.1. The van der Waals surface area contributed by atoms with Crippen LogP contribution in [0.5, 0.6) is 0 Å². The molecule has 0 aromatic carbocycles. The van der Waals surface area contributed by atoms with Gasteiger partial charge in [0.05, 0.1) is 0 Å². The molecule has 0 saturated carbocycles. The Morgan fingerprint density at radius 2 is 1.35 bits per heavy atom. The molecule has 0 aliphatic rings. The van der Waals surface area contributed by atoms with E-state index in [1.165, 1.54) is 83.0 Å². The van der Waals surface area contributed by atoms with Crippen molar-refractivity contribution in [3.63, 3.8) is 0 Å². The largest absolute Gasteiger partial charge is 0.403 e. The van der Waals surface area contributed by atoms with Gasteiger partial charge in [-0.15, -0.1) is 0 Å². The van der Waals surface area contributed by atoms with Crippen molar-refractivity contribution in [3.8, 4) is 0 Å². The summed E-state index contributed by atoms with van der Waals surface area (Å²) < 4.78 is 0. The molecule has 0 bridgehead atoms. The fraction of sp³-hybridized carbons (Fsp3) is 0.750. The van der Waals surface area contributed by atoms with Gasteiger partial charge in [-0.2, -0.15) is 0 Å². The lowest BCUT2D eigenvalue weighted by Gasteiger charge is -2.01. The fourth-order valence-corrected chi connectivity index (χ4v) is 2.57. The molecule has 23 heavy (non-hydrogen) atoms. The van der Waals surface area contributed by atoms with Gasteiger partial charge >= 0.3 is 0 Å². The van der Waals surface area contributed by atoms with Crippen LogP contribution in [0.2, 0.25) is 0 Å². The SMILES string of the molecule is CCCCCCCCC=CCCCCCCCC(=O)NC=CN. The Hall–Kier alpha value is -1.25. The van der Waals surface area contributed by atoms with E-state index in [4.69, 9.17) is 5.73 Å². The summed E-state index contributed by atoms with van der Waals surface area (Å²) in [5.74, 6) is 0.0596. The average molecular weight is 323 g/mol. The van der Waals surface area contributed by atoms with E-state index in [0.717, 1.165) is 12.8 Å². The normalized spacial score (nSPS) is 11.5. The third-order valence-corrected chi connectivity index (χ3v) is 4.01. The standard InChI is InChI=1S/C20H38N2O/c1-2-3-4-5-6-7-8-9-10-11-12-13-14-15-16-17-20(23)22-19-18-21/h9-10,18-19H,2-8,11-17,21H2,1H3,(H,22,23). The highest BCUT2D eigenvalue weighted by Gasteiger charge is 1.97. The molecule has 0 aliphatic carbocycles. The second kappa shape index (κ2) is 18.8. The van der Waals surface area contributed by atoms with E-state index in [0.29, 0.717) is 6.42 Å². The van der Waals surface area contributed by atoms with Gasteiger partial charge in [-0.25, -0.2) is 0 Å². The summed E-state index contributed by atoms with van der Waals surface area (Å²) >= 11 is 0. The van der Waals surface area contributed by atoms with Crippen LogP contribution < -0.4 is 11.1 Å². The average Bonchev–Trinajstić information content (AvgIpc) is 2.56. The van der Waals surface area contributed by atoms with Crippen LogP contribution in [-0.2, 0) is 4.79 Å². The predicted molar refractivity (Wildman–Crippen MR) is 101 cm³/mol. The Kier molecular flexibility index (Phi) is 17.8. The Morgan fingerprint density at radius 3 is 1.91 bits per heavy atom. The second-order valence-corrected chi connectivity index (χ2v) is 6.26. The minimum atomic E-state index is 0.0596. The number of hydrogen-bond acceptors (Lipinski definition) is 2. The van der Waals surface area contributed by atoms with Crippen molar-refractivity contribution in [1.29, 1.82) is 0 Å². The molecule has 0 heterocycles. The molecule has 3 N–H and O–H groups in total. The van der Waals surface area contributed by atoms with Gasteiger partial charge in [-0.3, -0.25) is 4.79 Å². The monoisotopic (exact) mass is 322 g/mol. The summed E-state index contributed by atoms with van der Waals surface area (Å²) in [6.07, 6.45) is 24.7. The van der Waals surface area contributed by atoms with E-state index < -0.39 is 0 Å². The molecule has 0 aliphatic heterocycles. The summed E-state index contributed by atoms with van der Waals surface area (Å²) in [5, 5.41) is 2.63. The number of rotatable bonds is 16. The number of carbonyl (C=O) groups excluding carboxylic acids is 1. The van der Waals surface area contributed by atoms with Crippen molar-refractivity contribution in [2.75, 3.05) is 0 Å². The zero-order valence-electron chi connectivity index (χ0n) is 15.2. The number of unbranched alkanes of at least 4 members (excludes halogenated alkanes) is 11. The lowest BCUT2D eigenvalue weighted by molar-refractivity contribution is -0.120. The van der Waals surface area contributed by atoms with Crippen LogP contribution in [0.25, 0.3) is 0 Å². The Labute approximate surface area is 143 Å². The molecule has 0 fully saturated rings. The molecule has 0 spiro atoms. The maximum Gasteiger partial charge on any atom is 0.223 e. The number of allylic oxidation sites excluding steroid dienone is 2. The van der Waals surface area contributed by atoms with Crippen molar-refractivity contribution in [3.05, 3.63) is 24.6 Å². The van der Waals surface area contributed by atoms with E-state index in [2.05, 4.69) is 24.4 Å². The van der Waals surface area contributed by atoms with Crippen LogP contribution in [-0.4, -0.2) is 5.91 Å². The smallest absolute Gasteiger partial charge is 0.223 e. The second-order valence-electron chi connectivity index (χ2n) is 6.26. The topological polar surface area (TPSA) is 55.1 Å². The van der Waals surface area contributed by atoms with Gasteiger partial charge in [-0.1, -0.05) is 70.4 Å². The third-order valence-electron chi connectivity index (χ3n) is 4.01. The number of carbonyl (C=O) groups is 1. The number of nitrogens with two attached hydrogens (primary N) is 1. The molecule has 0 aromatic rings. The predicted octanol–water partition coefficient (Wildman–Crippen LogP) is 5.57. The van der Waals surface area contributed by atoms with Gasteiger partial charge in [0.1, 0.15) is 0 Å². The first-order valence-electron chi connectivity index (χ1n) is 9.62. The van der Waals surface area contributed by atoms with E-state index >= 15 is 0 Å². The van der Waals surface area contributed by atoms with Gasteiger partial charge in [0.25, 0.3) is 0 Å². The van der Waals surface area contributed by atoms with Crippen LogP contribution in [0, 0.1) is 0 Å². The van der Waals surface area contributed by atoms with Crippen molar-refractivity contribution in [1.82, 2.24) is 5.32 Å². The first kappa shape index (κ1) is 21.8. The molecule has 0 aromatic heterocycles. The highest BCUT2D eigenvalue weighted by molar-refractivity contribution is 5.76. The minimum absolute atomic E-state index is 0.0596. The zero-order chi connectivity index (χ0) is 17.0. The quantitative estimate of drug-likeness (QED) is 0.288. The van der Waals surface area contributed by atoms with Crippen LogP contribution in [0.1, 0.15) is 96.8 Å². The molecule has 134 valence electrons. The molecule has 1 amide bonds. The number of amides is 1. The van der Waals surface area contributed by atoms with Crippen LogP contribution in [0.15, 0.2) is 24.6 Å². The summed E-state index contributed by atoms with van der Waals surface area (Å²) in [7, 11) is 0. The van der Waals surface area contributed by atoms with Crippen molar-refractivity contribution < 1.29 is 4.79 Å². The number of nitrogens with one attached hydrogen (secondary N) is 1. The third kappa shape index (κ3) is 18.7. The fourth-order valence-electron chi connectivity index (χ4n) is 2.57. The maximum absolute atomic E-state index is 11.3. The highest BCUT2D eigenvalue weighted by atomic mass is 16.1. The van der Waals surface area contributed by atoms with Crippen molar-refractivity contribution in [2.45, 2.75) is 96.8 Å². The molecule has 3 nitrogen and oxygen atoms in total. The zero-order valence-corrected chi connectivity index (χ0v) is 15.2. The molecular weight excluding hydrogens is 284 g/mol. The summed E-state index contributed by atoms with van der Waals surface area (Å²) in [6, 6.07) is 0. The first-order valence-corrected chi connectivity index (χ1v) is 9.62. The van der Waals surface area contributed by atoms with Crippen LogP contribution in [0.3, 0.4) is 0 Å². The maximum atomic E-state index is 11.3. The van der Waals surface area contributed by atoms with Crippen LogP contribution >= 0.6 is 0 Å². The highest BCUT2D eigenvalue weighted by Crippen LogP contribution is 2.09. The lowest BCUT2D eigenvalue weighted by Crippen LogP contribution is -2.16. The van der Waals surface area contributed by atoms with Crippen LogP contribution in [0.4, 0.5) is 0 Å². The summed E-state index contributed by atoms with van der Waals surface area (Å²) in [4.78, 5) is 11.3. The first-order chi connectivity index (χ1) is 11.3. The Balaban J connectivity index is 3.17. The van der Waals surface area contributed by atoms with E-state index in [1.807, 2.05) is 0 Å². The van der Waals surface area contributed by atoms with Gasteiger partial charge in [0.15, 0.2) is 0 Å². The molecular formula is C20H38N2O. The Morgan fingerprint density at radius 1 is 0.826 bits per heavy atom. The molecule has 0 atom stereocenters. The van der Waals surface area contributed by atoms with Gasteiger partial charge < -0.3 is 11.1 Å². The molecule has 3 heteroatoms. The number of hydrogen-bond donors (Lipinski definition) is 2. The van der Waals surface area contributed by atoms with Gasteiger partial charge in [0, 0.05) is 18.8 Å². The molecule has 0 unspecified atom stereocenters. The molecule has 0 saturated heterocycles. The summed E-state index contributed by atoms with van der Waals surface area (Å²) in [6.45, 7) is 2.26. The Bertz CT molecular complexity index is 311. The minimum Gasteiger partial charge on any atom is -0.403 e. The molecule has 0 rings (SSSR count). The summed E-state index contributed by atoms with van der Waals surface area (Å²) in [5.41, 5.74) is 5.16. The van der Waals surface area contributed by atoms with Gasteiger partial charge in [0.2, 0.25) is 5.91 Å². The van der Waals surface area contributed by atoms with Crippen molar-refractivity contribution in [2.24, 2.45) is 5.73 Å². The van der Waals surface area contributed by atoms with E-state index in [9.17, 15) is 4.79 Å². The van der Waals surface area contributed by atoms with E-state index in [1.54, 1.807) is 0 Å². The molecule has 0 radical (unpaired) electrons.